The standard InChI is InChI=1S/C18H19NOS/c1-12-10-15(8-9-16(12)20-3)19-13(2)18-11-14-6-4-5-7-17(14)21-18/h4-11,13,19H,1-3H3. The van der Waals surface area contributed by atoms with E-state index in [4.69, 9.17) is 4.74 Å². The molecule has 1 aromatic heterocycles. The zero-order valence-corrected chi connectivity index (χ0v) is 13.3. The van der Waals surface area contributed by atoms with Crippen molar-refractivity contribution in [3.05, 3.63) is 59.0 Å². The zero-order valence-electron chi connectivity index (χ0n) is 12.5. The second-order valence-electron chi connectivity index (χ2n) is 5.24. The van der Waals surface area contributed by atoms with Crippen molar-refractivity contribution >= 4 is 27.1 Å². The zero-order chi connectivity index (χ0) is 14.8. The van der Waals surface area contributed by atoms with Crippen LogP contribution in [0.2, 0.25) is 0 Å². The van der Waals surface area contributed by atoms with Crippen molar-refractivity contribution in [3.63, 3.8) is 0 Å². The molecule has 1 heterocycles. The lowest BCUT2D eigenvalue weighted by atomic mass is 10.1. The molecule has 3 heteroatoms. The number of ether oxygens (including phenoxy) is 1. The van der Waals surface area contributed by atoms with Crippen LogP contribution in [0, 0.1) is 6.92 Å². The van der Waals surface area contributed by atoms with Gasteiger partial charge in [0.05, 0.1) is 13.2 Å². The highest BCUT2D eigenvalue weighted by atomic mass is 32.1. The molecule has 0 fully saturated rings. The third kappa shape index (κ3) is 2.88. The van der Waals surface area contributed by atoms with Crippen molar-refractivity contribution in [2.75, 3.05) is 12.4 Å². The van der Waals surface area contributed by atoms with Gasteiger partial charge in [-0.25, -0.2) is 0 Å². The molecule has 0 aliphatic carbocycles. The van der Waals surface area contributed by atoms with Gasteiger partial charge in [0, 0.05) is 15.3 Å². The first-order chi connectivity index (χ1) is 10.2. The van der Waals surface area contributed by atoms with Crippen LogP contribution in [0.25, 0.3) is 10.1 Å². The number of hydrogen-bond acceptors (Lipinski definition) is 3. The first-order valence-electron chi connectivity index (χ1n) is 7.07. The Bertz CT molecular complexity index is 730. The van der Waals surface area contributed by atoms with Gasteiger partial charge >= 0.3 is 0 Å². The van der Waals surface area contributed by atoms with E-state index in [0.717, 1.165) is 17.0 Å². The Balaban J connectivity index is 1.82. The van der Waals surface area contributed by atoms with Gasteiger partial charge in [0.15, 0.2) is 0 Å². The van der Waals surface area contributed by atoms with Crippen molar-refractivity contribution < 1.29 is 4.74 Å². The lowest BCUT2D eigenvalue weighted by Gasteiger charge is -2.15. The Hall–Kier alpha value is -2.00. The molecule has 0 aliphatic rings. The number of rotatable bonds is 4. The normalized spacial score (nSPS) is 12.3. The van der Waals surface area contributed by atoms with E-state index in [1.54, 1.807) is 7.11 Å². The molecule has 2 aromatic carbocycles. The van der Waals surface area contributed by atoms with Crippen LogP contribution in [0.15, 0.2) is 48.5 Å². The summed E-state index contributed by atoms with van der Waals surface area (Å²) in [6.45, 7) is 4.26. The Morgan fingerprint density at radius 1 is 1.10 bits per heavy atom. The van der Waals surface area contributed by atoms with Gasteiger partial charge in [0.1, 0.15) is 5.75 Å². The minimum atomic E-state index is 0.287. The number of nitrogens with one attached hydrogen (secondary N) is 1. The molecule has 0 amide bonds. The van der Waals surface area contributed by atoms with Gasteiger partial charge in [-0.05, 0) is 55.1 Å². The van der Waals surface area contributed by atoms with Gasteiger partial charge in [0.25, 0.3) is 0 Å². The summed E-state index contributed by atoms with van der Waals surface area (Å²) in [5, 5.41) is 4.88. The number of hydrogen-bond donors (Lipinski definition) is 1. The highest BCUT2D eigenvalue weighted by molar-refractivity contribution is 7.19. The van der Waals surface area contributed by atoms with Gasteiger partial charge in [-0.15, -0.1) is 11.3 Å². The molecule has 0 radical (unpaired) electrons. The van der Waals surface area contributed by atoms with Gasteiger partial charge in [-0.3, -0.25) is 0 Å². The van der Waals surface area contributed by atoms with E-state index in [0.29, 0.717) is 0 Å². The molecule has 0 bridgehead atoms. The average Bonchev–Trinajstić information content (AvgIpc) is 2.91. The maximum Gasteiger partial charge on any atom is 0.121 e. The summed E-state index contributed by atoms with van der Waals surface area (Å²) in [4.78, 5) is 1.35. The van der Waals surface area contributed by atoms with Crippen LogP contribution < -0.4 is 10.1 Å². The minimum absolute atomic E-state index is 0.287. The molecule has 1 unspecified atom stereocenters. The van der Waals surface area contributed by atoms with E-state index in [2.05, 4.69) is 61.6 Å². The maximum absolute atomic E-state index is 5.30. The topological polar surface area (TPSA) is 21.3 Å². The van der Waals surface area contributed by atoms with Crippen molar-refractivity contribution in [1.29, 1.82) is 0 Å². The summed E-state index contributed by atoms with van der Waals surface area (Å²) in [5.41, 5.74) is 2.27. The number of fused-ring (bicyclic) bond motifs is 1. The predicted molar refractivity (Wildman–Crippen MR) is 91.6 cm³/mol. The third-order valence-electron chi connectivity index (χ3n) is 3.65. The Kier molecular flexibility index (Phi) is 3.84. The van der Waals surface area contributed by atoms with Crippen LogP contribution in [-0.2, 0) is 0 Å². The van der Waals surface area contributed by atoms with Crippen molar-refractivity contribution in [3.8, 4) is 5.75 Å². The van der Waals surface area contributed by atoms with Crippen LogP contribution in [0.1, 0.15) is 23.4 Å². The first-order valence-corrected chi connectivity index (χ1v) is 7.88. The van der Waals surface area contributed by atoms with Gasteiger partial charge in [0.2, 0.25) is 0 Å². The quantitative estimate of drug-likeness (QED) is 0.697. The summed E-state index contributed by atoms with van der Waals surface area (Å²) in [7, 11) is 1.70. The highest BCUT2D eigenvalue weighted by Crippen LogP contribution is 2.32. The molecule has 0 saturated heterocycles. The summed E-state index contributed by atoms with van der Waals surface area (Å²) in [6, 6.07) is 17.3. The number of methoxy groups -OCH3 is 1. The Labute approximate surface area is 129 Å². The second kappa shape index (κ2) is 5.78. The molecule has 3 rings (SSSR count). The number of benzene rings is 2. The molecule has 0 spiro atoms. The minimum Gasteiger partial charge on any atom is -0.496 e. The molecular weight excluding hydrogens is 278 g/mol. The van der Waals surface area contributed by atoms with Crippen molar-refractivity contribution in [2.24, 2.45) is 0 Å². The predicted octanol–water partition coefficient (Wildman–Crippen LogP) is 5.39. The van der Waals surface area contributed by atoms with Crippen LogP contribution in [0.4, 0.5) is 5.69 Å². The maximum atomic E-state index is 5.30. The van der Waals surface area contributed by atoms with Crippen molar-refractivity contribution in [1.82, 2.24) is 0 Å². The largest absolute Gasteiger partial charge is 0.496 e. The van der Waals surface area contributed by atoms with Crippen LogP contribution in [0.3, 0.4) is 0 Å². The fraction of sp³-hybridized carbons (Fsp3) is 0.222. The van der Waals surface area contributed by atoms with E-state index in [1.807, 2.05) is 17.4 Å². The molecular formula is C18H19NOS. The van der Waals surface area contributed by atoms with E-state index in [1.165, 1.54) is 15.0 Å². The van der Waals surface area contributed by atoms with E-state index < -0.39 is 0 Å². The van der Waals surface area contributed by atoms with Crippen LogP contribution >= 0.6 is 11.3 Å². The smallest absolute Gasteiger partial charge is 0.121 e. The number of thiophene rings is 1. The van der Waals surface area contributed by atoms with Crippen LogP contribution in [-0.4, -0.2) is 7.11 Å². The SMILES string of the molecule is COc1ccc(NC(C)c2cc3ccccc3s2)cc1C. The number of aryl methyl sites for hydroxylation is 1. The molecule has 108 valence electrons. The van der Waals surface area contributed by atoms with Crippen molar-refractivity contribution in [2.45, 2.75) is 19.9 Å². The third-order valence-corrected chi connectivity index (χ3v) is 4.95. The summed E-state index contributed by atoms with van der Waals surface area (Å²) < 4.78 is 6.64. The fourth-order valence-electron chi connectivity index (χ4n) is 2.51. The van der Waals surface area contributed by atoms with E-state index in [-0.39, 0.29) is 6.04 Å². The first kappa shape index (κ1) is 14.0. The Morgan fingerprint density at radius 3 is 2.62 bits per heavy atom. The highest BCUT2D eigenvalue weighted by Gasteiger charge is 2.10. The monoisotopic (exact) mass is 297 g/mol. The average molecular weight is 297 g/mol. The van der Waals surface area contributed by atoms with E-state index in [9.17, 15) is 0 Å². The second-order valence-corrected chi connectivity index (χ2v) is 6.35. The van der Waals surface area contributed by atoms with Gasteiger partial charge < -0.3 is 10.1 Å². The van der Waals surface area contributed by atoms with Gasteiger partial charge in [-0.1, -0.05) is 18.2 Å². The van der Waals surface area contributed by atoms with Crippen LogP contribution in [0.5, 0.6) is 5.75 Å². The van der Waals surface area contributed by atoms with E-state index >= 15 is 0 Å². The number of anilines is 1. The molecule has 21 heavy (non-hydrogen) atoms. The Morgan fingerprint density at radius 2 is 1.90 bits per heavy atom. The molecule has 0 saturated carbocycles. The fourth-order valence-corrected chi connectivity index (χ4v) is 3.57. The molecule has 1 N–H and O–H groups in total. The summed E-state index contributed by atoms with van der Waals surface area (Å²) in [5.74, 6) is 0.926. The van der Waals surface area contributed by atoms with Gasteiger partial charge in [-0.2, -0.15) is 0 Å². The summed E-state index contributed by atoms with van der Waals surface area (Å²) >= 11 is 1.85. The lowest BCUT2D eigenvalue weighted by molar-refractivity contribution is 0.412. The molecule has 3 aromatic rings. The molecule has 1 atom stereocenters. The summed E-state index contributed by atoms with van der Waals surface area (Å²) in [6.07, 6.45) is 0. The molecule has 2 nitrogen and oxygen atoms in total. The molecule has 0 aliphatic heterocycles. The lowest BCUT2D eigenvalue weighted by Crippen LogP contribution is -2.05.